The highest BCUT2D eigenvalue weighted by molar-refractivity contribution is 5.76. The third-order valence-electron chi connectivity index (χ3n) is 3.10. The van der Waals surface area contributed by atoms with Crippen LogP contribution in [-0.4, -0.2) is 41.1 Å². The summed E-state index contributed by atoms with van der Waals surface area (Å²) < 4.78 is 0. The molecule has 1 fully saturated rings. The van der Waals surface area contributed by atoms with Crippen molar-refractivity contribution in [1.82, 2.24) is 10.2 Å². The number of amides is 2. The number of hydrogen-bond acceptors (Lipinski definition) is 2. The van der Waals surface area contributed by atoms with Crippen LogP contribution in [0.2, 0.25) is 0 Å². The molecule has 0 radical (unpaired) electrons. The molecule has 0 aromatic rings. The van der Waals surface area contributed by atoms with Gasteiger partial charge in [0.2, 0.25) is 0 Å². The van der Waals surface area contributed by atoms with Crippen molar-refractivity contribution in [2.75, 3.05) is 13.1 Å². The van der Waals surface area contributed by atoms with E-state index in [1.54, 1.807) is 6.92 Å². The topological polar surface area (TPSA) is 69.6 Å². The number of rotatable bonds is 6. The first-order valence-electron chi connectivity index (χ1n) is 5.79. The van der Waals surface area contributed by atoms with Gasteiger partial charge >= 0.3 is 12.0 Å². The van der Waals surface area contributed by atoms with Crippen molar-refractivity contribution in [3.05, 3.63) is 0 Å². The smallest absolute Gasteiger partial charge is 0.317 e. The normalized spacial score (nSPS) is 19.4. The van der Waals surface area contributed by atoms with Gasteiger partial charge in [0.1, 0.15) is 0 Å². The van der Waals surface area contributed by atoms with Crippen LogP contribution in [0.25, 0.3) is 0 Å². The zero-order chi connectivity index (χ0) is 12.1. The lowest BCUT2D eigenvalue weighted by molar-refractivity contribution is -0.141. The fourth-order valence-corrected chi connectivity index (χ4v) is 1.91. The van der Waals surface area contributed by atoms with Crippen molar-refractivity contribution in [3.63, 3.8) is 0 Å². The summed E-state index contributed by atoms with van der Waals surface area (Å²) in [6.45, 7) is 5.20. The van der Waals surface area contributed by atoms with Gasteiger partial charge in [0.15, 0.2) is 0 Å². The second kappa shape index (κ2) is 5.72. The van der Waals surface area contributed by atoms with Crippen LogP contribution in [0.1, 0.15) is 33.1 Å². The van der Waals surface area contributed by atoms with Gasteiger partial charge in [-0.25, -0.2) is 4.79 Å². The molecule has 5 heteroatoms. The number of carboxylic acid groups (broad SMARTS) is 1. The number of urea groups is 1. The summed E-state index contributed by atoms with van der Waals surface area (Å²) in [5.74, 6) is -1.04. The van der Waals surface area contributed by atoms with Crippen molar-refractivity contribution in [2.45, 2.75) is 39.2 Å². The Labute approximate surface area is 95.8 Å². The van der Waals surface area contributed by atoms with Gasteiger partial charge in [0, 0.05) is 19.1 Å². The van der Waals surface area contributed by atoms with Gasteiger partial charge in [-0.3, -0.25) is 4.79 Å². The molecule has 0 aromatic carbocycles. The molecule has 0 saturated carbocycles. The predicted octanol–water partition coefficient (Wildman–Crippen LogP) is 1.29. The molecular weight excluding hydrogens is 208 g/mol. The Hall–Kier alpha value is -1.26. The van der Waals surface area contributed by atoms with Crippen molar-refractivity contribution in [2.24, 2.45) is 5.92 Å². The Morgan fingerprint density at radius 2 is 2.19 bits per heavy atom. The molecule has 1 aliphatic heterocycles. The van der Waals surface area contributed by atoms with Gasteiger partial charge in [-0.05, 0) is 19.8 Å². The number of nitrogens with zero attached hydrogens (tertiary/aromatic N) is 1. The Morgan fingerprint density at radius 3 is 2.69 bits per heavy atom. The van der Waals surface area contributed by atoms with Crippen molar-refractivity contribution in [3.8, 4) is 0 Å². The third-order valence-corrected chi connectivity index (χ3v) is 3.10. The fraction of sp³-hybridized carbons (Fsp3) is 0.818. The van der Waals surface area contributed by atoms with Gasteiger partial charge < -0.3 is 15.3 Å². The highest BCUT2D eigenvalue weighted by Gasteiger charge is 2.24. The summed E-state index contributed by atoms with van der Waals surface area (Å²) >= 11 is 0. The molecule has 1 aliphatic rings. The van der Waals surface area contributed by atoms with Crippen LogP contribution in [0.3, 0.4) is 0 Å². The lowest BCUT2D eigenvalue weighted by Gasteiger charge is -2.23. The first-order chi connectivity index (χ1) is 7.52. The largest absolute Gasteiger partial charge is 0.481 e. The Bertz CT molecular complexity index is 268. The standard InChI is InChI=1S/C11H20N2O3/c1-8(10(14)15)4-3-5-9(2)13-7-6-12-11(13)16/h8-9H,3-7H2,1-2H3,(H,12,16)(H,14,15). The first-order valence-corrected chi connectivity index (χ1v) is 5.79. The molecule has 16 heavy (non-hydrogen) atoms. The van der Waals surface area contributed by atoms with Gasteiger partial charge in [0.05, 0.1) is 5.92 Å². The zero-order valence-corrected chi connectivity index (χ0v) is 9.90. The van der Waals surface area contributed by atoms with Crippen LogP contribution in [0.5, 0.6) is 0 Å². The van der Waals surface area contributed by atoms with Crippen LogP contribution >= 0.6 is 0 Å². The molecule has 1 heterocycles. The summed E-state index contributed by atoms with van der Waals surface area (Å²) in [5.41, 5.74) is 0. The van der Waals surface area contributed by atoms with E-state index in [0.717, 1.165) is 19.4 Å². The molecule has 2 N–H and O–H groups in total. The number of hydrogen-bond donors (Lipinski definition) is 2. The molecule has 92 valence electrons. The average molecular weight is 228 g/mol. The van der Waals surface area contributed by atoms with E-state index in [1.165, 1.54) is 0 Å². The first kappa shape index (κ1) is 12.8. The highest BCUT2D eigenvalue weighted by atomic mass is 16.4. The maximum atomic E-state index is 11.3. The third kappa shape index (κ3) is 3.40. The van der Waals surface area contributed by atoms with E-state index in [1.807, 2.05) is 11.8 Å². The molecular formula is C11H20N2O3. The quantitative estimate of drug-likeness (QED) is 0.719. The zero-order valence-electron chi connectivity index (χ0n) is 9.90. The second-order valence-electron chi connectivity index (χ2n) is 4.44. The van der Waals surface area contributed by atoms with Gasteiger partial charge in [-0.15, -0.1) is 0 Å². The van der Waals surface area contributed by atoms with Crippen LogP contribution in [0, 0.1) is 5.92 Å². The van der Waals surface area contributed by atoms with Crippen LogP contribution in [0.15, 0.2) is 0 Å². The summed E-state index contributed by atoms with van der Waals surface area (Å²) in [7, 11) is 0. The van der Waals surface area contributed by atoms with E-state index < -0.39 is 5.97 Å². The molecule has 2 amide bonds. The van der Waals surface area contributed by atoms with E-state index in [4.69, 9.17) is 5.11 Å². The monoisotopic (exact) mass is 228 g/mol. The Morgan fingerprint density at radius 1 is 1.50 bits per heavy atom. The van der Waals surface area contributed by atoms with Crippen molar-refractivity contribution in [1.29, 1.82) is 0 Å². The molecule has 2 atom stereocenters. The van der Waals surface area contributed by atoms with E-state index >= 15 is 0 Å². The van der Waals surface area contributed by atoms with E-state index in [2.05, 4.69) is 5.32 Å². The summed E-state index contributed by atoms with van der Waals surface area (Å²) in [5, 5.41) is 11.5. The fourth-order valence-electron chi connectivity index (χ4n) is 1.91. The molecule has 0 aliphatic carbocycles. The molecule has 5 nitrogen and oxygen atoms in total. The molecule has 0 aromatic heterocycles. The minimum atomic E-state index is -0.744. The number of aliphatic carboxylic acids is 1. The number of carbonyl (C=O) groups excluding carboxylic acids is 1. The highest BCUT2D eigenvalue weighted by Crippen LogP contribution is 2.14. The van der Waals surface area contributed by atoms with Crippen LogP contribution in [-0.2, 0) is 4.79 Å². The lowest BCUT2D eigenvalue weighted by atomic mass is 10.0. The predicted molar refractivity (Wildman–Crippen MR) is 60.2 cm³/mol. The van der Waals surface area contributed by atoms with Gasteiger partial charge in [0.25, 0.3) is 0 Å². The second-order valence-corrected chi connectivity index (χ2v) is 4.44. The van der Waals surface area contributed by atoms with Crippen LogP contribution in [0.4, 0.5) is 4.79 Å². The molecule has 0 spiro atoms. The lowest BCUT2D eigenvalue weighted by Crippen LogP contribution is -2.36. The summed E-state index contributed by atoms with van der Waals surface area (Å²) in [6, 6.07) is 0.197. The SMILES string of the molecule is CC(CCCC(C)N1CCNC1=O)C(=O)O. The maximum Gasteiger partial charge on any atom is 0.317 e. The number of carbonyl (C=O) groups is 2. The molecule has 2 unspecified atom stereocenters. The molecule has 1 saturated heterocycles. The van der Waals surface area contributed by atoms with Gasteiger partial charge in [-0.2, -0.15) is 0 Å². The molecule has 1 rings (SSSR count). The Balaban J connectivity index is 2.22. The average Bonchev–Trinajstić information content (AvgIpc) is 2.64. The minimum Gasteiger partial charge on any atom is -0.481 e. The Kier molecular flexibility index (Phi) is 4.58. The van der Waals surface area contributed by atoms with Gasteiger partial charge in [-0.1, -0.05) is 13.3 Å². The maximum absolute atomic E-state index is 11.3. The van der Waals surface area contributed by atoms with E-state index in [0.29, 0.717) is 13.0 Å². The number of nitrogens with one attached hydrogen (secondary N) is 1. The minimum absolute atomic E-state index is 0.00113. The van der Waals surface area contributed by atoms with E-state index in [9.17, 15) is 9.59 Å². The number of carboxylic acids is 1. The molecule has 0 bridgehead atoms. The summed E-state index contributed by atoms with van der Waals surface area (Å²) in [6.07, 6.45) is 2.39. The van der Waals surface area contributed by atoms with E-state index in [-0.39, 0.29) is 18.0 Å². The van der Waals surface area contributed by atoms with Crippen molar-refractivity contribution < 1.29 is 14.7 Å². The summed E-state index contributed by atoms with van der Waals surface area (Å²) in [4.78, 5) is 23.8. The van der Waals surface area contributed by atoms with Crippen molar-refractivity contribution >= 4 is 12.0 Å². The van der Waals surface area contributed by atoms with Crippen LogP contribution < -0.4 is 5.32 Å².